The molecule has 3 N–H and O–H groups in total. The summed E-state index contributed by atoms with van der Waals surface area (Å²) >= 11 is 0. The van der Waals surface area contributed by atoms with Crippen LogP contribution in [-0.4, -0.2) is 75.2 Å². The topological polar surface area (TPSA) is 123 Å². The fraction of sp³-hybridized carbons (Fsp3) is 0.417. The maximum atomic E-state index is 13.1. The second kappa shape index (κ2) is 11.2. The Morgan fingerprint density at radius 1 is 1.13 bits per heavy atom. The summed E-state index contributed by atoms with van der Waals surface area (Å²) in [6.07, 6.45) is -3.28. The van der Waals surface area contributed by atoms with Crippen molar-refractivity contribution in [3.05, 3.63) is 42.1 Å². The Labute approximate surface area is 218 Å². The first-order valence-corrected chi connectivity index (χ1v) is 13.7. The molecule has 1 aromatic heterocycles. The number of aromatic nitrogens is 2. The number of primary sulfonamides is 1. The quantitative estimate of drug-likeness (QED) is 0.410. The summed E-state index contributed by atoms with van der Waals surface area (Å²) in [5, 5.41) is 8.63. The third kappa shape index (κ3) is 7.14. The first-order chi connectivity index (χ1) is 17.9. The fourth-order valence-corrected chi connectivity index (χ4v) is 4.64. The van der Waals surface area contributed by atoms with Crippen LogP contribution in [0, 0.1) is 0 Å². The minimum absolute atomic E-state index is 0.0181. The maximum absolute atomic E-state index is 13.1. The summed E-state index contributed by atoms with van der Waals surface area (Å²) in [6.45, 7) is 5.15. The molecule has 1 aliphatic heterocycles. The van der Waals surface area contributed by atoms with E-state index in [-0.39, 0.29) is 30.4 Å². The van der Waals surface area contributed by atoms with Crippen molar-refractivity contribution in [1.82, 2.24) is 14.9 Å². The lowest BCUT2D eigenvalue weighted by Crippen LogP contribution is -2.44. The van der Waals surface area contributed by atoms with Crippen LogP contribution >= 0.6 is 0 Å². The van der Waals surface area contributed by atoms with Crippen molar-refractivity contribution in [3.63, 3.8) is 0 Å². The van der Waals surface area contributed by atoms with Gasteiger partial charge in [-0.2, -0.15) is 0 Å². The van der Waals surface area contributed by atoms with E-state index in [1.54, 1.807) is 31.2 Å². The molecule has 4 rings (SSSR count). The van der Waals surface area contributed by atoms with Crippen LogP contribution < -0.4 is 24.8 Å². The summed E-state index contributed by atoms with van der Waals surface area (Å²) in [6, 6.07) is 7.85. The van der Waals surface area contributed by atoms with Crippen LogP contribution in [0.2, 0.25) is 0 Å². The van der Waals surface area contributed by atoms with Crippen molar-refractivity contribution in [1.29, 1.82) is 0 Å². The molecule has 0 aliphatic carbocycles. The first-order valence-electron chi connectivity index (χ1n) is 11.9. The molecule has 0 atom stereocenters. The van der Waals surface area contributed by atoms with Crippen LogP contribution in [0.3, 0.4) is 0 Å². The van der Waals surface area contributed by atoms with E-state index in [9.17, 15) is 21.6 Å². The van der Waals surface area contributed by atoms with Gasteiger partial charge in [0.2, 0.25) is 16.0 Å². The SMILES string of the molecule is CCOc1c(CCS(N)(=O)=O)ccc2cnc(Nc3cc(N4CCN(C)CC4)ccc3OC(F)(F)F)nc12. The third-order valence-electron chi connectivity index (χ3n) is 6.04. The molecule has 206 valence electrons. The number of benzene rings is 2. The normalized spacial score (nSPS) is 15.1. The number of ether oxygens (including phenoxy) is 2. The number of nitrogens with two attached hydrogens (primary N) is 1. The second-order valence-electron chi connectivity index (χ2n) is 8.88. The zero-order chi connectivity index (χ0) is 27.5. The number of fused-ring (bicyclic) bond motifs is 1. The molecule has 0 spiro atoms. The van der Waals surface area contributed by atoms with E-state index >= 15 is 0 Å². The zero-order valence-corrected chi connectivity index (χ0v) is 21.8. The molecule has 1 aliphatic rings. The van der Waals surface area contributed by atoms with Crippen molar-refractivity contribution in [2.75, 3.05) is 55.8 Å². The second-order valence-corrected chi connectivity index (χ2v) is 10.6. The monoisotopic (exact) mass is 554 g/mol. The van der Waals surface area contributed by atoms with Gasteiger partial charge in [-0.15, -0.1) is 13.2 Å². The molecule has 3 aromatic rings. The van der Waals surface area contributed by atoms with E-state index in [1.807, 2.05) is 7.05 Å². The summed E-state index contributed by atoms with van der Waals surface area (Å²) < 4.78 is 72.4. The Morgan fingerprint density at radius 3 is 2.53 bits per heavy atom. The van der Waals surface area contributed by atoms with E-state index < -0.39 is 22.1 Å². The highest BCUT2D eigenvalue weighted by Gasteiger charge is 2.32. The Kier molecular flexibility index (Phi) is 8.13. The minimum atomic E-state index is -4.89. The van der Waals surface area contributed by atoms with Crippen molar-refractivity contribution in [2.45, 2.75) is 19.7 Å². The van der Waals surface area contributed by atoms with Crippen LogP contribution in [0.4, 0.5) is 30.5 Å². The number of aryl methyl sites for hydroxylation is 1. The number of anilines is 3. The van der Waals surface area contributed by atoms with Gasteiger partial charge in [0, 0.05) is 43.4 Å². The highest BCUT2D eigenvalue weighted by atomic mass is 32.2. The van der Waals surface area contributed by atoms with Gasteiger partial charge in [0.15, 0.2) is 5.75 Å². The largest absolute Gasteiger partial charge is 0.573 e. The number of alkyl halides is 3. The number of nitrogens with one attached hydrogen (secondary N) is 1. The van der Waals surface area contributed by atoms with Crippen LogP contribution in [-0.2, 0) is 16.4 Å². The molecule has 2 heterocycles. The van der Waals surface area contributed by atoms with E-state index in [4.69, 9.17) is 9.88 Å². The van der Waals surface area contributed by atoms with Crippen LogP contribution in [0.25, 0.3) is 10.9 Å². The van der Waals surface area contributed by atoms with Crippen LogP contribution in [0.1, 0.15) is 12.5 Å². The fourth-order valence-electron chi connectivity index (χ4n) is 4.14. The van der Waals surface area contributed by atoms with E-state index in [0.29, 0.717) is 22.2 Å². The predicted molar refractivity (Wildman–Crippen MR) is 139 cm³/mol. The van der Waals surface area contributed by atoms with Crippen molar-refractivity contribution >= 4 is 38.2 Å². The van der Waals surface area contributed by atoms with Crippen molar-refractivity contribution < 1.29 is 31.1 Å². The number of hydrogen-bond acceptors (Lipinski definition) is 9. The highest BCUT2D eigenvalue weighted by molar-refractivity contribution is 7.89. The summed E-state index contributed by atoms with van der Waals surface area (Å²) in [4.78, 5) is 13.0. The summed E-state index contributed by atoms with van der Waals surface area (Å²) in [5.74, 6) is -0.334. The number of sulfonamides is 1. The van der Waals surface area contributed by atoms with E-state index in [1.165, 1.54) is 12.3 Å². The number of nitrogens with zero attached hydrogens (tertiary/aromatic N) is 4. The van der Waals surface area contributed by atoms with Gasteiger partial charge in [0.25, 0.3) is 0 Å². The smallest absolute Gasteiger partial charge is 0.491 e. The van der Waals surface area contributed by atoms with E-state index in [2.05, 4.69) is 29.8 Å². The summed E-state index contributed by atoms with van der Waals surface area (Å²) in [7, 11) is -1.69. The Morgan fingerprint density at radius 2 is 1.87 bits per heavy atom. The van der Waals surface area contributed by atoms with Gasteiger partial charge >= 0.3 is 6.36 Å². The van der Waals surface area contributed by atoms with Gasteiger partial charge in [-0.25, -0.2) is 23.5 Å². The Hall–Kier alpha value is -3.36. The molecule has 1 saturated heterocycles. The van der Waals surface area contributed by atoms with Gasteiger partial charge in [-0.3, -0.25) is 0 Å². The van der Waals surface area contributed by atoms with Gasteiger partial charge in [0.05, 0.1) is 18.0 Å². The lowest BCUT2D eigenvalue weighted by molar-refractivity contribution is -0.274. The molecule has 0 radical (unpaired) electrons. The van der Waals surface area contributed by atoms with Gasteiger partial charge < -0.3 is 24.6 Å². The van der Waals surface area contributed by atoms with Gasteiger partial charge in [-0.05, 0) is 44.2 Å². The lowest BCUT2D eigenvalue weighted by Gasteiger charge is -2.34. The molecular formula is C24H29F3N6O4S. The molecular weight excluding hydrogens is 525 g/mol. The number of hydrogen-bond donors (Lipinski definition) is 2. The highest BCUT2D eigenvalue weighted by Crippen LogP contribution is 2.36. The minimum Gasteiger partial charge on any atom is -0.491 e. The number of likely N-dealkylation sites (N-methyl/N-ethyl adjacent to an activating group) is 1. The molecule has 0 saturated carbocycles. The lowest BCUT2D eigenvalue weighted by atomic mass is 10.1. The Bertz CT molecular complexity index is 1400. The maximum Gasteiger partial charge on any atom is 0.573 e. The summed E-state index contributed by atoms with van der Waals surface area (Å²) in [5.41, 5.74) is 1.73. The molecule has 0 unspecified atom stereocenters. The van der Waals surface area contributed by atoms with E-state index in [0.717, 1.165) is 31.9 Å². The molecule has 0 bridgehead atoms. The van der Waals surface area contributed by atoms with Gasteiger partial charge in [0.1, 0.15) is 11.3 Å². The third-order valence-corrected chi connectivity index (χ3v) is 6.81. The van der Waals surface area contributed by atoms with Crippen molar-refractivity contribution in [2.24, 2.45) is 5.14 Å². The predicted octanol–water partition coefficient (Wildman–Crippen LogP) is 3.25. The average molecular weight is 555 g/mol. The molecule has 10 nitrogen and oxygen atoms in total. The Balaban J connectivity index is 1.71. The molecule has 14 heteroatoms. The average Bonchev–Trinajstić information content (AvgIpc) is 2.84. The molecule has 1 fully saturated rings. The number of piperazine rings is 1. The standard InChI is InChI=1S/C24H29F3N6O4S/c1-3-36-22-16(8-13-38(28,34)35)4-5-17-15-29-23(31-21(17)22)30-19-14-18(33-11-9-32(2)10-12-33)6-7-20(19)37-24(25,26)27/h4-7,14-15H,3,8-13H2,1-2H3,(H2,28,34,35)(H,29,30,31). The van der Waals surface area contributed by atoms with Crippen molar-refractivity contribution in [3.8, 4) is 11.5 Å². The molecule has 0 amide bonds. The van der Waals surface area contributed by atoms with Gasteiger partial charge in [-0.1, -0.05) is 12.1 Å². The zero-order valence-electron chi connectivity index (χ0n) is 21.0. The molecule has 2 aromatic carbocycles. The number of halogens is 3. The molecule has 38 heavy (non-hydrogen) atoms. The van der Waals surface area contributed by atoms with Crippen LogP contribution in [0.5, 0.6) is 11.5 Å². The number of rotatable bonds is 9. The first kappa shape index (κ1) is 27.7. The van der Waals surface area contributed by atoms with Crippen LogP contribution in [0.15, 0.2) is 36.5 Å².